The number of amides is 1. The molecular weight excluding hydrogens is 423 g/mol. The third kappa shape index (κ3) is 5.15. The van der Waals surface area contributed by atoms with Crippen LogP contribution in [0.1, 0.15) is 5.76 Å². The molecule has 0 spiro atoms. The maximum Gasteiger partial charge on any atom is 0.331 e. The number of furan rings is 1. The largest absolute Gasteiger partial charge is 0.452 e. The number of aromatic nitrogens is 1. The van der Waals surface area contributed by atoms with Crippen molar-refractivity contribution in [2.24, 2.45) is 0 Å². The van der Waals surface area contributed by atoms with Crippen LogP contribution in [0.4, 0.5) is 5.69 Å². The van der Waals surface area contributed by atoms with Crippen LogP contribution in [0.15, 0.2) is 41.0 Å². The Kier molecular flexibility index (Phi) is 5.96. The fourth-order valence-electron chi connectivity index (χ4n) is 1.42. The van der Waals surface area contributed by atoms with Gasteiger partial charge in [-0.05, 0) is 52.9 Å². The van der Waals surface area contributed by atoms with E-state index in [0.717, 1.165) is 0 Å². The minimum absolute atomic E-state index is 0.162. The van der Waals surface area contributed by atoms with Crippen LogP contribution < -0.4 is 5.32 Å². The number of hydrogen-bond acceptors (Lipinski definition) is 5. The van der Waals surface area contributed by atoms with Crippen molar-refractivity contribution in [3.8, 4) is 0 Å². The number of esters is 1. The van der Waals surface area contributed by atoms with Crippen molar-refractivity contribution in [3.63, 3.8) is 0 Å². The standard InChI is InChI=1S/C14H10ClIN2O4/c15-14-10(2-1-7-17-14)18-12(19)8-21-13(20)6-4-9-3-5-11(16)22-9/h1-7H,8H2,(H,18,19)/b6-4+. The predicted molar refractivity (Wildman–Crippen MR) is 89.3 cm³/mol. The molecule has 0 atom stereocenters. The molecule has 0 saturated heterocycles. The van der Waals surface area contributed by atoms with Crippen LogP contribution in [0.5, 0.6) is 0 Å². The topological polar surface area (TPSA) is 81.4 Å². The molecule has 6 nitrogen and oxygen atoms in total. The van der Waals surface area contributed by atoms with E-state index in [1.807, 2.05) is 22.6 Å². The molecule has 1 amide bonds. The Labute approximate surface area is 144 Å². The van der Waals surface area contributed by atoms with Gasteiger partial charge in [-0.15, -0.1) is 0 Å². The quantitative estimate of drug-likeness (QED) is 0.340. The third-order valence-electron chi connectivity index (χ3n) is 2.36. The van der Waals surface area contributed by atoms with Gasteiger partial charge in [0, 0.05) is 12.3 Å². The molecule has 0 radical (unpaired) electrons. The van der Waals surface area contributed by atoms with Gasteiger partial charge in [0.25, 0.3) is 5.91 Å². The smallest absolute Gasteiger partial charge is 0.331 e. The number of ether oxygens (including phenoxy) is 1. The van der Waals surface area contributed by atoms with E-state index in [1.54, 1.807) is 24.3 Å². The normalized spacial score (nSPS) is 10.6. The van der Waals surface area contributed by atoms with Crippen molar-refractivity contribution in [2.75, 3.05) is 11.9 Å². The van der Waals surface area contributed by atoms with Crippen molar-refractivity contribution in [1.29, 1.82) is 0 Å². The number of pyridine rings is 1. The van der Waals surface area contributed by atoms with E-state index in [9.17, 15) is 9.59 Å². The highest BCUT2D eigenvalue weighted by molar-refractivity contribution is 14.1. The van der Waals surface area contributed by atoms with E-state index in [-0.39, 0.29) is 5.15 Å². The zero-order valence-corrected chi connectivity index (χ0v) is 14.0. The van der Waals surface area contributed by atoms with E-state index in [2.05, 4.69) is 10.3 Å². The first-order chi connectivity index (χ1) is 10.5. The Balaban J connectivity index is 1.80. The summed E-state index contributed by atoms with van der Waals surface area (Å²) in [4.78, 5) is 26.9. The van der Waals surface area contributed by atoms with Crippen molar-refractivity contribution >= 4 is 57.8 Å². The van der Waals surface area contributed by atoms with Crippen LogP contribution in [-0.4, -0.2) is 23.5 Å². The Morgan fingerprint density at radius 1 is 1.41 bits per heavy atom. The van der Waals surface area contributed by atoms with E-state index < -0.39 is 18.5 Å². The molecule has 0 unspecified atom stereocenters. The molecule has 2 aromatic rings. The first kappa shape index (κ1) is 16.5. The summed E-state index contributed by atoms with van der Waals surface area (Å²) in [7, 11) is 0. The number of anilines is 1. The molecule has 0 aliphatic heterocycles. The van der Waals surface area contributed by atoms with E-state index in [1.165, 1.54) is 18.3 Å². The Morgan fingerprint density at radius 3 is 2.91 bits per heavy atom. The molecule has 0 aliphatic carbocycles. The maximum atomic E-state index is 11.6. The van der Waals surface area contributed by atoms with Gasteiger partial charge in [-0.25, -0.2) is 9.78 Å². The average molecular weight is 433 g/mol. The fraction of sp³-hybridized carbons (Fsp3) is 0.0714. The van der Waals surface area contributed by atoms with Gasteiger partial charge in [0.15, 0.2) is 15.5 Å². The van der Waals surface area contributed by atoms with Crippen LogP contribution in [-0.2, 0) is 14.3 Å². The summed E-state index contributed by atoms with van der Waals surface area (Å²) in [6.45, 7) is -0.427. The number of carbonyl (C=O) groups excluding carboxylic acids is 2. The predicted octanol–water partition coefficient (Wildman–Crippen LogP) is 3.13. The lowest BCUT2D eigenvalue weighted by molar-refractivity contribution is -0.142. The molecular formula is C14H10ClIN2O4. The number of carbonyl (C=O) groups is 2. The molecule has 0 fully saturated rings. The molecule has 0 saturated carbocycles. The third-order valence-corrected chi connectivity index (χ3v) is 3.24. The zero-order valence-electron chi connectivity index (χ0n) is 11.1. The summed E-state index contributed by atoms with van der Waals surface area (Å²) in [6.07, 6.45) is 4.14. The Hall–Kier alpha value is -1.87. The fourth-order valence-corrected chi connectivity index (χ4v) is 2.02. The summed E-state index contributed by atoms with van der Waals surface area (Å²) >= 11 is 7.81. The maximum absolute atomic E-state index is 11.6. The van der Waals surface area contributed by atoms with Gasteiger partial charge in [0.2, 0.25) is 0 Å². The highest BCUT2D eigenvalue weighted by Gasteiger charge is 2.08. The second-order valence-corrected chi connectivity index (χ2v) is 5.39. The molecule has 114 valence electrons. The zero-order chi connectivity index (χ0) is 15.9. The van der Waals surface area contributed by atoms with Gasteiger partial charge in [-0.1, -0.05) is 11.6 Å². The minimum atomic E-state index is -0.654. The molecule has 2 rings (SSSR count). The lowest BCUT2D eigenvalue weighted by Crippen LogP contribution is -2.20. The Bertz CT molecular complexity index is 714. The van der Waals surface area contributed by atoms with E-state index in [4.69, 9.17) is 20.8 Å². The van der Waals surface area contributed by atoms with Gasteiger partial charge in [-0.3, -0.25) is 4.79 Å². The SMILES string of the molecule is O=C(COC(=O)/C=C/c1ccc(I)o1)Nc1cccnc1Cl. The van der Waals surface area contributed by atoms with Crippen molar-refractivity contribution in [3.05, 3.63) is 51.2 Å². The van der Waals surface area contributed by atoms with Crippen LogP contribution in [0, 0.1) is 3.77 Å². The molecule has 2 heterocycles. The second kappa shape index (κ2) is 7.95. The van der Waals surface area contributed by atoms with Gasteiger partial charge in [-0.2, -0.15) is 0 Å². The first-order valence-corrected chi connectivity index (χ1v) is 7.51. The molecule has 8 heteroatoms. The number of halogens is 2. The summed E-state index contributed by atoms with van der Waals surface area (Å²) < 4.78 is 10.7. The second-order valence-electron chi connectivity index (χ2n) is 3.97. The van der Waals surface area contributed by atoms with Gasteiger partial charge >= 0.3 is 5.97 Å². The molecule has 0 aromatic carbocycles. The summed E-state index contributed by atoms with van der Waals surface area (Å²) in [6, 6.07) is 6.69. The Morgan fingerprint density at radius 2 is 2.23 bits per heavy atom. The summed E-state index contributed by atoms with van der Waals surface area (Å²) in [5, 5.41) is 2.65. The number of nitrogens with zero attached hydrogens (tertiary/aromatic N) is 1. The number of rotatable bonds is 5. The van der Waals surface area contributed by atoms with Crippen LogP contribution in [0.2, 0.25) is 5.15 Å². The minimum Gasteiger partial charge on any atom is -0.452 e. The van der Waals surface area contributed by atoms with E-state index >= 15 is 0 Å². The summed E-state index contributed by atoms with van der Waals surface area (Å²) in [5.74, 6) is -0.643. The molecule has 0 aliphatic rings. The molecule has 1 N–H and O–H groups in total. The summed E-state index contributed by atoms with van der Waals surface area (Å²) in [5.41, 5.74) is 0.353. The van der Waals surface area contributed by atoms with Crippen molar-refractivity contribution in [2.45, 2.75) is 0 Å². The molecule has 22 heavy (non-hydrogen) atoms. The number of nitrogens with one attached hydrogen (secondary N) is 1. The average Bonchev–Trinajstić information content (AvgIpc) is 2.91. The lowest BCUT2D eigenvalue weighted by atomic mass is 10.4. The molecule has 0 bridgehead atoms. The van der Waals surface area contributed by atoms with Crippen LogP contribution >= 0.6 is 34.2 Å². The van der Waals surface area contributed by atoms with Crippen LogP contribution in [0.25, 0.3) is 6.08 Å². The van der Waals surface area contributed by atoms with Crippen molar-refractivity contribution < 1.29 is 18.7 Å². The lowest BCUT2D eigenvalue weighted by Gasteiger charge is -2.06. The van der Waals surface area contributed by atoms with E-state index in [0.29, 0.717) is 15.2 Å². The monoisotopic (exact) mass is 432 g/mol. The van der Waals surface area contributed by atoms with Gasteiger partial charge in [0.05, 0.1) is 5.69 Å². The van der Waals surface area contributed by atoms with Crippen molar-refractivity contribution in [1.82, 2.24) is 4.98 Å². The molecule has 2 aromatic heterocycles. The highest BCUT2D eigenvalue weighted by Crippen LogP contribution is 2.17. The first-order valence-electron chi connectivity index (χ1n) is 6.05. The van der Waals surface area contributed by atoms with Crippen LogP contribution in [0.3, 0.4) is 0 Å². The number of hydrogen-bond donors (Lipinski definition) is 1. The van der Waals surface area contributed by atoms with Gasteiger partial charge in [0.1, 0.15) is 5.76 Å². The highest BCUT2D eigenvalue weighted by atomic mass is 127. The van der Waals surface area contributed by atoms with Gasteiger partial charge < -0.3 is 14.5 Å².